The first kappa shape index (κ1) is 19.0. The van der Waals surface area contributed by atoms with Crippen LogP contribution in [0.25, 0.3) is 11.1 Å². The summed E-state index contributed by atoms with van der Waals surface area (Å²) in [6.45, 7) is 6.16. The van der Waals surface area contributed by atoms with Crippen molar-refractivity contribution in [2.24, 2.45) is 17.6 Å². The van der Waals surface area contributed by atoms with Crippen molar-refractivity contribution in [1.82, 2.24) is 4.90 Å². The van der Waals surface area contributed by atoms with E-state index in [9.17, 15) is 4.79 Å². The van der Waals surface area contributed by atoms with Crippen LogP contribution < -0.4 is 5.73 Å². The van der Waals surface area contributed by atoms with Crippen LogP contribution in [0.2, 0.25) is 0 Å². The number of likely N-dealkylation sites (tertiary alicyclic amines) is 1. The molecule has 0 spiro atoms. The zero-order valence-corrected chi connectivity index (χ0v) is 16.8. The maximum atomic E-state index is 13.0. The van der Waals surface area contributed by atoms with Gasteiger partial charge in [0.2, 0.25) is 0 Å². The van der Waals surface area contributed by atoms with Gasteiger partial charge in [-0.25, -0.2) is 4.79 Å². The molecule has 0 saturated carbocycles. The Hall–Kier alpha value is -2.33. The molecule has 1 aliphatic heterocycles. The van der Waals surface area contributed by atoms with E-state index in [0.717, 1.165) is 19.4 Å². The molecule has 1 amide bonds. The molecule has 0 radical (unpaired) electrons. The number of nitrogens with zero attached hydrogens (tertiary/aromatic N) is 1. The van der Waals surface area contributed by atoms with E-state index < -0.39 is 0 Å². The Bertz CT molecular complexity index is 803. The van der Waals surface area contributed by atoms with E-state index in [1.807, 2.05) is 4.90 Å². The number of amides is 1. The number of ether oxygens (including phenoxy) is 1. The lowest BCUT2D eigenvalue weighted by atomic mass is 9.85. The molecule has 2 aromatic rings. The number of nitrogens with two attached hydrogens (primary N) is 1. The number of hydrogen-bond donors (Lipinski definition) is 1. The predicted molar refractivity (Wildman–Crippen MR) is 112 cm³/mol. The van der Waals surface area contributed by atoms with Gasteiger partial charge >= 0.3 is 6.09 Å². The third-order valence-corrected chi connectivity index (χ3v) is 6.43. The van der Waals surface area contributed by atoms with Crippen LogP contribution in [0.5, 0.6) is 0 Å². The summed E-state index contributed by atoms with van der Waals surface area (Å²) in [7, 11) is 0. The lowest BCUT2D eigenvalue weighted by molar-refractivity contribution is 0.0471. The van der Waals surface area contributed by atoms with Crippen molar-refractivity contribution < 1.29 is 9.53 Å². The molecule has 4 nitrogen and oxygen atoms in total. The fourth-order valence-corrected chi connectivity index (χ4v) is 4.82. The summed E-state index contributed by atoms with van der Waals surface area (Å²) < 4.78 is 5.88. The van der Waals surface area contributed by atoms with Crippen LogP contribution >= 0.6 is 0 Å². The lowest BCUT2D eigenvalue weighted by Gasteiger charge is -2.40. The van der Waals surface area contributed by atoms with Crippen molar-refractivity contribution >= 4 is 6.09 Å². The van der Waals surface area contributed by atoms with Gasteiger partial charge in [-0.15, -0.1) is 0 Å². The molecule has 4 heteroatoms. The molecular weight excluding hydrogens is 348 g/mol. The third kappa shape index (κ3) is 3.42. The van der Waals surface area contributed by atoms with E-state index >= 15 is 0 Å². The minimum atomic E-state index is -0.184. The van der Waals surface area contributed by atoms with E-state index in [1.54, 1.807) is 0 Å². The summed E-state index contributed by atoms with van der Waals surface area (Å²) in [4.78, 5) is 14.9. The second kappa shape index (κ2) is 7.96. The van der Waals surface area contributed by atoms with E-state index in [4.69, 9.17) is 10.5 Å². The molecule has 28 heavy (non-hydrogen) atoms. The molecule has 1 saturated heterocycles. The SMILES string of the molecule is CC(C)C1CC(CN)CCN1C(=O)OCC1c2ccccc2-c2ccccc21. The van der Waals surface area contributed by atoms with Crippen LogP contribution in [-0.4, -0.2) is 36.7 Å². The number of fused-ring (bicyclic) bond motifs is 3. The van der Waals surface area contributed by atoms with Gasteiger partial charge in [-0.05, 0) is 53.5 Å². The van der Waals surface area contributed by atoms with Gasteiger partial charge in [0.15, 0.2) is 0 Å². The highest BCUT2D eigenvalue weighted by molar-refractivity contribution is 5.79. The number of hydrogen-bond acceptors (Lipinski definition) is 3. The first-order valence-corrected chi connectivity index (χ1v) is 10.4. The van der Waals surface area contributed by atoms with Crippen LogP contribution in [0, 0.1) is 11.8 Å². The van der Waals surface area contributed by atoms with Crippen molar-refractivity contribution in [3.8, 4) is 11.1 Å². The fraction of sp³-hybridized carbons (Fsp3) is 0.458. The highest BCUT2D eigenvalue weighted by Crippen LogP contribution is 2.44. The monoisotopic (exact) mass is 378 g/mol. The van der Waals surface area contributed by atoms with Gasteiger partial charge in [0.1, 0.15) is 6.61 Å². The molecule has 2 aromatic carbocycles. The van der Waals surface area contributed by atoms with E-state index in [-0.39, 0.29) is 18.1 Å². The number of benzene rings is 2. The number of rotatable bonds is 4. The van der Waals surface area contributed by atoms with Crippen LogP contribution in [0.3, 0.4) is 0 Å². The lowest BCUT2D eigenvalue weighted by Crippen LogP contribution is -2.50. The minimum absolute atomic E-state index is 0.107. The Balaban J connectivity index is 1.49. The summed E-state index contributed by atoms with van der Waals surface area (Å²) in [6.07, 6.45) is 1.75. The Morgan fingerprint density at radius 3 is 2.29 bits per heavy atom. The topological polar surface area (TPSA) is 55.6 Å². The molecule has 0 aromatic heterocycles. The van der Waals surface area contributed by atoms with Gasteiger partial charge in [0.25, 0.3) is 0 Å². The molecule has 2 aliphatic rings. The normalized spacial score (nSPS) is 21.5. The van der Waals surface area contributed by atoms with Crippen molar-refractivity contribution in [3.05, 3.63) is 59.7 Å². The fourth-order valence-electron chi connectivity index (χ4n) is 4.82. The summed E-state index contributed by atoms with van der Waals surface area (Å²) in [5, 5.41) is 0. The molecule has 148 valence electrons. The molecule has 1 aliphatic carbocycles. The minimum Gasteiger partial charge on any atom is -0.448 e. The van der Waals surface area contributed by atoms with Crippen molar-refractivity contribution in [2.45, 2.75) is 38.6 Å². The first-order chi connectivity index (χ1) is 13.6. The van der Waals surface area contributed by atoms with Crippen molar-refractivity contribution in [1.29, 1.82) is 0 Å². The summed E-state index contributed by atoms with van der Waals surface area (Å²) >= 11 is 0. The Kier molecular flexibility index (Phi) is 5.40. The Morgan fingerprint density at radius 2 is 1.71 bits per heavy atom. The first-order valence-electron chi connectivity index (χ1n) is 10.4. The molecule has 4 rings (SSSR count). The highest BCUT2D eigenvalue weighted by Gasteiger charge is 2.35. The van der Waals surface area contributed by atoms with E-state index in [2.05, 4.69) is 62.4 Å². The zero-order chi connectivity index (χ0) is 19.7. The molecule has 1 heterocycles. The third-order valence-electron chi connectivity index (χ3n) is 6.43. The summed E-state index contributed by atoms with van der Waals surface area (Å²) in [5.74, 6) is 1.01. The van der Waals surface area contributed by atoms with Gasteiger partial charge in [0, 0.05) is 18.5 Å². The van der Waals surface area contributed by atoms with E-state index in [0.29, 0.717) is 25.0 Å². The van der Waals surface area contributed by atoms with Crippen LogP contribution in [0.15, 0.2) is 48.5 Å². The van der Waals surface area contributed by atoms with E-state index in [1.165, 1.54) is 22.3 Å². The van der Waals surface area contributed by atoms with Gasteiger partial charge in [0.05, 0.1) is 0 Å². The highest BCUT2D eigenvalue weighted by atomic mass is 16.6. The molecule has 2 atom stereocenters. The van der Waals surface area contributed by atoms with Crippen molar-refractivity contribution in [2.75, 3.05) is 19.7 Å². The molecule has 2 unspecified atom stereocenters. The molecule has 1 fully saturated rings. The van der Waals surface area contributed by atoms with Gasteiger partial charge in [-0.1, -0.05) is 62.4 Å². The van der Waals surface area contributed by atoms with Crippen LogP contribution in [0.1, 0.15) is 43.7 Å². The van der Waals surface area contributed by atoms with Gasteiger partial charge in [-0.3, -0.25) is 0 Å². The second-order valence-corrected chi connectivity index (χ2v) is 8.43. The molecule has 0 bridgehead atoms. The quantitative estimate of drug-likeness (QED) is 0.844. The van der Waals surface area contributed by atoms with Gasteiger partial charge in [-0.2, -0.15) is 0 Å². The van der Waals surface area contributed by atoms with Crippen LogP contribution in [0.4, 0.5) is 4.79 Å². The second-order valence-electron chi connectivity index (χ2n) is 8.43. The van der Waals surface area contributed by atoms with Gasteiger partial charge < -0.3 is 15.4 Å². The summed E-state index contributed by atoms with van der Waals surface area (Å²) in [5.41, 5.74) is 10.9. The predicted octanol–water partition coefficient (Wildman–Crippen LogP) is 4.63. The molecule has 2 N–H and O–H groups in total. The number of carbonyl (C=O) groups is 1. The Labute approximate surface area is 167 Å². The summed E-state index contributed by atoms with van der Waals surface area (Å²) in [6, 6.07) is 17.1. The maximum absolute atomic E-state index is 13.0. The zero-order valence-electron chi connectivity index (χ0n) is 16.8. The largest absolute Gasteiger partial charge is 0.448 e. The van der Waals surface area contributed by atoms with Crippen molar-refractivity contribution in [3.63, 3.8) is 0 Å². The number of carbonyl (C=O) groups excluding carboxylic acids is 1. The smallest absolute Gasteiger partial charge is 0.410 e. The Morgan fingerprint density at radius 1 is 1.11 bits per heavy atom. The number of piperidine rings is 1. The average Bonchev–Trinajstić information content (AvgIpc) is 3.05. The standard InChI is InChI=1S/C24H30N2O2/c1-16(2)23-13-17(14-25)11-12-26(23)24(27)28-15-22-20-9-5-3-7-18(20)19-8-4-6-10-21(19)22/h3-10,16-17,22-23H,11-15,25H2,1-2H3. The average molecular weight is 379 g/mol. The maximum Gasteiger partial charge on any atom is 0.410 e. The van der Waals surface area contributed by atoms with Crippen LogP contribution in [-0.2, 0) is 4.74 Å². The molecular formula is C24H30N2O2.